The maximum Gasteiger partial charge on any atom is 0.256 e. The number of hydrogen-bond acceptors (Lipinski definition) is 5. The second kappa shape index (κ2) is 9.28. The molecule has 8 heteroatoms. The number of fused-ring (bicyclic) bond motifs is 2. The van der Waals surface area contributed by atoms with Crippen LogP contribution >= 0.6 is 11.3 Å². The molecule has 6 rings (SSSR count). The van der Waals surface area contributed by atoms with E-state index in [4.69, 9.17) is 9.72 Å². The number of benzene rings is 2. The van der Waals surface area contributed by atoms with Crippen LogP contribution in [0.15, 0.2) is 48.5 Å². The number of amides is 2. The standard InChI is InChI=1S/C27H26N4O3S/c32-25(16-7-5-8-17(15-16)28-26(33)21-12-6-14-34-21)31-27-23(18-9-1-4-13-22(18)35-27)24-29-19-10-2-3-11-20(19)30-24/h2-3,5,7-8,10-11,15,21H,1,4,6,9,12-14H2,(H,28,33)(H,29,30)(H,31,32). The number of aromatic nitrogens is 2. The minimum Gasteiger partial charge on any atom is -0.368 e. The molecule has 1 aliphatic carbocycles. The molecule has 3 heterocycles. The number of anilines is 2. The number of aryl methyl sites for hydroxylation is 1. The smallest absolute Gasteiger partial charge is 0.256 e. The third kappa shape index (κ3) is 4.35. The van der Waals surface area contributed by atoms with Crippen LogP contribution in [0.5, 0.6) is 0 Å². The first-order valence-corrected chi connectivity index (χ1v) is 12.9. The lowest BCUT2D eigenvalue weighted by atomic mass is 9.95. The number of imidazole rings is 1. The molecule has 1 aliphatic heterocycles. The van der Waals surface area contributed by atoms with Gasteiger partial charge in [-0.3, -0.25) is 9.59 Å². The molecule has 2 aliphatic rings. The van der Waals surface area contributed by atoms with Gasteiger partial charge in [-0.1, -0.05) is 18.2 Å². The number of H-pyrrole nitrogens is 1. The molecular formula is C27H26N4O3S. The van der Waals surface area contributed by atoms with Crippen LogP contribution < -0.4 is 10.6 Å². The highest BCUT2D eigenvalue weighted by Gasteiger charge is 2.26. The molecule has 2 aromatic heterocycles. The van der Waals surface area contributed by atoms with E-state index in [1.54, 1.807) is 35.6 Å². The van der Waals surface area contributed by atoms with Gasteiger partial charge < -0.3 is 20.4 Å². The minimum absolute atomic E-state index is 0.168. The van der Waals surface area contributed by atoms with Gasteiger partial charge in [0.15, 0.2) is 0 Å². The van der Waals surface area contributed by atoms with E-state index in [2.05, 4.69) is 15.6 Å². The third-order valence-electron chi connectivity index (χ3n) is 6.64. The van der Waals surface area contributed by atoms with Gasteiger partial charge in [-0.15, -0.1) is 11.3 Å². The molecule has 1 saturated heterocycles. The Morgan fingerprint density at radius 2 is 1.91 bits per heavy atom. The number of hydrogen-bond donors (Lipinski definition) is 3. The molecule has 0 radical (unpaired) electrons. The van der Waals surface area contributed by atoms with Gasteiger partial charge in [-0.05, 0) is 74.4 Å². The zero-order valence-corrected chi connectivity index (χ0v) is 20.0. The topological polar surface area (TPSA) is 96.1 Å². The summed E-state index contributed by atoms with van der Waals surface area (Å²) in [7, 11) is 0. The summed E-state index contributed by atoms with van der Waals surface area (Å²) in [6.07, 6.45) is 5.49. The average molecular weight is 487 g/mol. The van der Waals surface area contributed by atoms with Crippen molar-refractivity contribution in [2.75, 3.05) is 17.2 Å². The molecule has 3 N–H and O–H groups in total. The first kappa shape index (κ1) is 22.0. The lowest BCUT2D eigenvalue weighted by Gasteiger charge is -2.12. The largest absolute Gasteiger partial charge is 0.368 e. The van der Waals surface area contributed by atoms with Gasteiger partial charge in [0, 0.05) is 22.7 Å². The number of thiophene rings is 1. The highest BCUT2D eigenvalue weighted by molar-refractivity contribution is 7.17. The van der Waals surface area contributed by atoms with Crippen LogP contribution in [0.4, 0.5) is 10.7 Å². The SMILES string of the molecule is O=C(Nc1sc2c(c1-c1nc3ccccc3[nH]1)CCCC2)c1cccc(NC(=O)C2CCCO2)c1. The predicted molar refractivity (Wildman–Crippen MR) is 138 cm³/mol. The Hall–Kier alpha value is -3.49. The first-order chi connectivity index (χ1) is 17.2. The molecule has 4 aromatic rings. The zero-order valence-electron chi connectivity index (χ0n) is 19.2. The van der Waals surface area contributed by atoms with Gasteiger partial charge in [-0.2, -0.15) is 0 Å². The van der Waals surface area contributed by atoms with E-state index < -0.39 is 6.10 Å². The highest BCUT2D eigenvalue weighted by atomic mass is 32.1. The molecular weight excluding hydrogens is 460 g/mol. The van der Waals surface area contributed by atoms with Crippen LogP contribution in [0.1, 0.15) is 46.5 Å². The number of carbonyl (C=O) groups excluding carboxylic acids is 2. The first-order valence-electron chi connectivity index (χ1n) is 12.1. The van der Waals surface area contributed by atoms with Crippen molar-refractivity contribution in [2.45, 2.75) is 44.6 Å². The van der Waals surface area contributed by atoms with Crippen molar-refractivity contribution >= 4 is 44.9 Å². The van der Waals surface area contributed by atoms with Crippen molar-refractivity contribution in [3.63, 3.8) is 0 Å². The summed E-state index contributed by atoms with van der Waals surface area (Å²) in [6.45, 7) is 0.610. The second-order valence-electron chi connectivity index (χ2n) is 9.04. The Kier molecular flexibility index (Phi) is 5.83. The fourth-order valence-electron chi connectivity index (χ4n) is 4.90. The van der Waals surface area contributed by atoms with Crippen molar-refractivity contribution < 1.29 is 14.3 Å². The molecule has 1 unspecified atom stereocenters. The fraction of sp³-hybridized carbons (Fsp3) is 0.296. The van der Waals surface area contributed by atoms with Crippen molar-refractivity contribution in [3.05, 3.63) is 64.5 Å². The maximum atomic E-state index is 13.3. The Morgan fingerprint density at radius 1 is 1.03 bits per heavy atom. The number of carbonyl (C=O) groups is 2. The Balaban J connectivity index is 1.29. The molecule has 35 heavy (non-hydrogen) atoms. The van der Waals surface area contributed by atoms with Crippen LogP contribution in [-0.2, 0) is 22.4 Å². The van der Waals surface area contributed by atoms with Gasteiger partial charge in [0.25, 0.3) is 11.8 Å². The minimum atomic E-state index is -0.420. The summed E-state index contributed by atoms with van der Waals surface area (Å²) >= 11 is 1.64. The number of para-hydroxylation sites is 2. The summed E-state index contributed by atoms with van der Waals surface area (Å²) in [5, 5.41) is 6.84. The van der Waals surface area contributed by atoms with Gasteiger partial charge in [-0.25, -0.2) is 4.98 Å². The molecule has 2 aromatic carbocycles. The van der Waals surface area contributed by atoms with Crippen LogP contribution in [0.25, 0.3) is 22.4 Å². The van der Waals surface area contributed by atoms with Crippen molar-refractivity contribution in [1.29, 1.82) is 0 Å². The molecule has 0 spiro atoms. The normalized spacial score (nSPS) is 17.3. The number of nitrogens with one attached hydrogen (secondary N) is 3. The molecule has 7 nitrogen and oxygen atoms in total. The van der Waals surface area contributed by atoms with Gasteiger partial charge >= 0.3 is 0 Å². The van der Waals surface area contributed by atoms with Gasteiger partial charge in [0.05, 0.1) is 16.6 Å². The quantitative estimate of drug-likeness (QED) is 0.345. The van der Waals surface area contributed by atoms with E-state index in [1.807, 2.05) is 24.3 Å². The molecule has 0 bridgehead atoms. The Labute approximate surface area is 206 Å². The summed E-state index contributed by atoms with van der Waals surface area (Å²) < 4.78 is 5.46. The maximum absolute atomic E-state index is 13.3. The van der Waals surface area contributed by atoms with E-state index in [0.717, 1.165) is 65.9 Å². The highest BCUT2D eigenvalue weighted by Crippen LogP contribution is 2.44. The van der Waals surface area contributed by atoms with E-state index >= 15 is 0 Å². The number of nitrogens with zero attached hydrogens (tertiary/aromatic N) is 1. The molecule has 2 amide bonds. The zero-order chi connectivity index (χ0) is 23.8. The van der Waals surface area contributed by atoms with Crippen LogP contribution in [0, 0.1) is 0 Å². The van der Waals surface area contributed by atoms with Crippen molar-refractivity contribution in [3.8, 4) is 11.4 Å². The lowest BCUT2D eigenvalue weighted by Crippen LogP contribution is -2.27. The molecule has 1 fully saturated rings. The average Bonchev–Trinajstić information content (AvgIpc) is 3.62. The fourth-order valence-corrected chi connectivity index (χ4v) is 6.18. The van der Waals surface area contributed by atoms with E-state index in [0.29, 0.717) is 17.9 Å². The molecule has 1 atom stereocenters. The number of aromatic amines is 1. The van der Waals surface area contributed by atoms with Crippen LogP contribution in [0.3, 0.4) is 0 Å². The summed E-state index contributed by atoms with van der Waals surface area (Å²) in [4.78, 5) is 35.3. The molecule has 0 saturated carbocycles. The van der Waals surface area contributed by atoms with E-state index in [9.17, 15) is 9.59 Å². The van der Waals surface area contributed by atoms with E-state index in [1.165, 1.54) is 10.4 Å². The van der Waals surface area contributed by atoms with E-state index in [-0.39, 0.29) is 11.8 Å². The summed E-state index contributed by atoms with van der Waals surface area (Å²) in [6, 6.07) is 15.0. The number of ether oxygens (including phenoxy) is 1. The van der Waals surface area contributed by atoms with Crippen LogP contribution in [0.2, 0.25) is 0 Å². The Bertz CT molecular complexity index is 1380. The van der Waals surface area contributed by atoms with Crippen molar-refractivity contribution in [2.24, 2.45) is 0 Å². The lowest BCUT2D eigenvalue weighted by molar-refractivity contribution is -0.124. The van der Waals surface area contributed by atoms with Crippen molar-refractivity contribution in [1.82, 2.24) is 9.97 Å². The predicted octanol–water partition coefficient (Wildman–Crippen LogP) is 5.54. The summed E-state index contributed by atoms with van der Waals surface area (Å²) in [5.74, 6) is 0.408. The van der Waals surface area contributed by atoms with Crippen LogP contribution in [-0.4, -0.2) is 34.5 Å². The van der Waals surface area contributed by atoms with Gasteiger partial charge in [0.2, 0.25) is 0 Å². The monoisotopic (exact) mass is 486 g/mol. The van der Waals surface area contributed by atoms with Gasteiger partial charge in [0.1, 0.15) is 16.9 Å². The number of rotatable bonds is 5. The second-order valence-corrected chi connectivity index (χ2v) is 10.1. The Morgan fingerprint density at radius 3 is 2.77 bits per heavy atom. The molecule has 178 valence electrons. The summed E-state index contributed by atoms with van der Waals surface area (Å²) in [5.41, 5.74) is 5.24. The third-order valence-corrected chi connectivity index (χ3v) is 7.85.